The van der Waals surface area contributed by atoms with E-state index in [2.05, 4.69) is 9.47 Å². The predicted octanol–water partition coefficient (Wildman–Crippen LogP) is 1.54. The molecule has 0 fully saturated rings. The van der Waals surface area contributed by atoms with Gasteiger partial charge in [0, 0.05) is 0 Å². The van der Waals surface area contributed by atoms with E-state index >= 15 is 0 Å². The van der Waals surface area contributed by atoms with E-state index in [-0.39, 0.29) is 12.5 Å². The summed E-state index contributed by atoms with van der Waals surface area (Å²) >= 11 is 1.15. The fourth-order valence-electron chi connectivity index (χ4n) is 0.853. The van der Waals surface area contributed by atoms with E-state index in [0.29, 0.717) is 12.2 Å². The quantitative estimate of drug-likeness (QED) is 0.413. The lowest BCUT2D eigenvalue weighted by molar-refractivity contribution is -0.168. The zero-order valence-electron chi connectivity index (χ0n) is 9.46. The van der Waals surface area contributed by atoms with Gasteiger partial charge in [-0.25, -0.2) is 0 Å². The molecule has 0 aliphatic heterocycles. The van der Waals surface area contributed by atoms with Crippen LogP contribution in [0.4, 0.5) is 13.2 Å². The van der Waals surface area contributed by atoms with Crippen LogP contribution in [0.25, 0.3) is 0 Å². The number of hydrogen-bond donors (Lipinski definition) is 1. The number of halogens is 3. The third kappa shape index (κ3) is 10.4. The van der Waals surface area contributed by atoms with Gasteiger partial charge in [0.05, 0.1) is 12.5 Å². The number of alkyl halides is 3. The number of esters is 1. The summed E-state index contributed by atoms with van der Waals surface area (Å²) in [5.41, 5.74) is 5.48. The van der Waals surface area contributed by atoms with Crippen LogP contribution in [-0.4, -0.2) is 43.1 Å². The maximum absolute atomic E-state index is 11.7. The molecule has 0 aromatic carbocycles. The minimum atomic E-state index is -4.30. The molecular formula is C9H16F3NO3S. The van der Waals surface area contributed by atoms with E-state index in [1.165, 1.54) is 0 Å². The molecule has 0 amide bonds. The second kappa shape index (κ2) is 8.60. The van der Waals surface area contributed by atoms with Crippen molar-refractivity contribution in [2.45, 2.75) is 25.6 Å². The molecule has 1 atom stereocenters. The zero-order chi connectivity index (χ0) is 13.3. The van der Waals surface area contributed by atoms with Crippen molar-refractivity contribution in [2.75, 3.05) is 24.9 Å². The predicted molar refractivity (Wildman–Crippen MR) is 58.6 cm³/mol. The molecule has 0 saturated heterocycles. The van der Waals surface area contributed by atoms with Crippen molar-refractivity contribution < 1.29 is 27.4 Å². The van der Waals surface area contributed by atoms with Crippen molar-refractivity contribution in [3.05, 3.63) is 0 Å². The fraction of sp³-hybridized carbons (Fsp3) is 0.889. The van der Waals surface area contributed by atoms with Crippen LogP contribution < -0.4 is 5.73 Å². The topological polar surface area (TPSA) is 61.5 Å². The highest BCUT2D eigenvalue weighted by Crippen LogP contribution is 2.15. The summed E-state index contributed by atoms with van der Waals surface area (Å²) in [5, 5.41) is 0. The lowest BCUT2D eigenvalue weighted by atomic mass is 10.2. The van der Waals surface area contributed by atoms with Crippen LogP contribution in [0.15, 0.2) is 0 Å². The second-order valence-electron chi connectivity index (χ2n) is 3.14. The Labute approximate surface area is 102 Å². The van der Waals surface area contributed by atoms with Crippen LogP contribution in [0.3, 0.4) is 0 Å². The molecule has 0 aliphatic rings. The maximum atomic E-state index is 11.7. The number of carbonyl (C=O) groups excluding carboxylic acids is 1. The molecular weight excluding hydrogens is 259 g/mol. The third-order valence-electron chi connectivity index (χ3n) is 1.59. The smallest absolute Gasteiger partial charge is 0.411 e. The summed E-state index contributed by atoms with van der Waals surface area (Å²) in [4.78, 5) is 11.1. The number of hydrogen-bond acceptors (Lipinski definition) is 5. The van der Waals surface area contributed by atoms with Crippen molar-refractivity contribution in [2.24, 2.45) is 5.73 Å². The van der Waals surface area contributed by atoms with Crippen molar-refractivity contribution in [1.29, 1.82) is 0 Å². The van der Waals surface area contributed by atoms with Gasteiger partial charge in [0.25, 0.3) is 0 Å². The molecule has 0 heterocycles. The number of thioether (sulfide) groups is 1. The SMILES string of the molecule is CCOC(=O)C(N)CCSCOCC(F)(F)F. The highest BCUT2D eigenvalue weighted by molar-refractivity contribution is 7.99. The first kappa shape index (κ1) is 16.5. The average Bonchev–Trinajstić information content (AvgIpc) is 2.21. The second-order valence-corrected chi connectivity index (χ2v) is 4.19. The summed E-state index contributed by atoms with van der Waals surface area (Å²) in [5.74, 6) is -0.128. The van der Waals surface area contributed by atoms with Crippen molar-refractivity contribution in [3.8, 4) is 0 Å². The van der Waals surface area contributed by atoms with E-state index in [0.717, 1.165) is 11.8 Å². The first-order valence-corrected chi connectivity index (χ1v) is 6.16. The Hall–Kier alpha value is -0.470. The molecule has 1 unspecified atom stereocenters. The largest absolute Gasteiger partial charge is 0.465 e. The normalized spacial score (nSPS) is 13.5. The maximum Gasteiger partial charge on any atom is 0.411 e. The Morgan fingerprint density at radius 1 is 1.47 bits per heavy atom. The van der Waals surface area contributed by atoms with Gasteiger partial charge in [0.15, 0.2) is 0 Å². The molecule has 0 radical (unpaired) electrons. The minimum absolute atomic E-state index is 0.0743. The van der Waals surface area contributed by atoms with Gasteiger partial charge in [0.1, 0.15) is 12.6 Å². The zero-order valence-corrected chi connectivity index (χ0v) is 10.3. The Morgan fingerprint density at radius 3 is 2.65 bits per heavy atom. The third-order valence-corrected chi connectivity index (χ3v) is 2.45. The van der Waals surface area contributed by atoms with Gasteiger partial charge in [-0.05, 0) is 19.1 Å². The monoisotopic (exact) mass is 275 g/mol. The molecule has 4 nitrogen and oxygen atoms in total. The Kier molecular flexibility index (Phi) is 8.36. The van der Waals surface area contributed by atoms with Crippen LogP contribution in [0.5, 0.6) is 0 Å². The summed E-state index contributed by atoms with van der Waals surface area (Å²) in [6.45, 7) is 0.669. The highest BCUT2D eigenvalue weighted by atomic mass is 32.2. The molecule has 0 saturated carbocycles. The molecule has 102 valence electrons. The van der Waals surface area contributed by atoms with Crippen LogP contribution in [0, 0.1) is 0 Å². The summed E-state index contributed by atoms with van der Waals surface area (Å²) < 4.78 is 44.0. The standard InChI is InChI=1S/C9H16F3NO3S/c1-2-16-8(14)7(13)3-4-17-6-15-5-9(10,11)12/h7H,2-6,13H2,1H3. The van der Waals surface area contributed by atoms with Crippen LogP contribution in [0.2, 0.25) is 0 Å². The minimum Gasteiger partial charge on any atom is -0.465 e. The molecule has 0 bridgehead atoms. The molecule has 0 aromatic heterocycles. The molecule has 0 aromatic rings. The summed E-state index contributed by atoms with van der Waals surface area (Å²) in [6.07, 6.45) is -3.96. The van der Waals surface area contributed by atoms with E-state index in [4.69, 9.17) is 5.73 Å². The lowest BCUT2D eigenvalue weighted by Crippen LogP contribution is -2.32. The van der Waals surface area contributed by atoms with Crippen LogP contribution in [-0.2, 0) is 14.3 Å². The van der Waals surface area contributed by atoms with E-state index in [1.807, 2.05) is 0 Å². The molecule has 8 heteroatoms. The van der Waals surface area contributed by atoms with Gasteiger partial charge in [-0.1, -0.05) is 0 Å². The van der Waals surface area contributed by atoms with Gasteiger partial charge in [-0.3, -0.25) is 4.79 Å². The van der Waals surface area contributed by atoms with Gasteiger partial charge < -0.3 is 15.2 Å². The Balaban J connectivity index is 3.42. The Bertz CT molecular complexity index is 226. The first-order valence-electron chi connectivity index (χ1n) is 5.01. The van der Waals surface area contributed by atoms with E-state index in [9.17, 15) is 18.0 Å². The molecule has 0 spiro atoms. The fourth-order valence-corrected chi connectivity index (χ4v) is 1.59. The summed E-state index contributed by atoms with van der Waals surface area (Å²) in [7, 11) is 0. The number of rotatable bonds is 8. The molecule has 0 aliphatic carbocycles. The number of nitrogens with two attached hydrogens (primary N) is 1. The van der Waals surface area contributed by atoms with Gasteiger partial charge in [-0.2, -0.15) is 13.2 Å². The number of ether oxygens (including phenoxy) is 2. The highest BCUT2D eigenvalue weighted by Gasteiger charge is 2.27. The lowest BCUT2D eigenvalue weighted by Gasteiger charge is -2.10. The number of carbonyl (C=O) groups is 1. The van der Waals surface area contributed by atoms with Gasteiger partial charge >= 0.3 is 12.1 Å². The van der Waals surface area contributed by atoms with Crippen molar-refractivity contribution in [1.82, 2.24) is 0 Å². The van der Waals surface area contributed by atoms with Gasteiger partial charge in [-0.15, -0.1) is 11.8 Å². The first-order chi connectivity index (χ1) is 7.87. The Morgan fingerprint density at radius 2 is 2.12 bits per heavy atom. The molecule has 0 rings (SSSR count). The average molecular weight is 275 g/mol. The van der Waals surface area contributed by atoms with Crippen molar-refractivity contribution in [3.63, 3.8) is 0 Å². The summed E-state index contributed by atoms with van der Waals surface area (Å²) in [6, 6.07) is -0.731. The van der Waals surface area contributed by atoms with Crippen LogP contribution >= 0.6 is 11.8 Å². The van der Waals surface area contributed by atoms with Crippen molar-refractivity contribution >= 4 is 17.7 Å². The van der Waals surface area contributed by atoms with Crippen LogP contribution in [0.1, 0.15) is 13.3 Å². The van der Waals surface area contributed by atoms with E-state index in [1.54, 1.807) is 6.92 Å². The van der Waals surface area contributed by atoms with E-state index < -0.39 is 24.8 Å². The molecule has 17 heavy (non-hydrogen) atoms. The van der Waals surface area contributed by atoms with Gasteiger partial charge in [0.2, 0.25) is 0 Å². The molecule has 2 N–H and O–H groups in total.